The Morgan fingerprint density at radius 3 is 2.41 bits per heavy atom. The van der Waals surface area contributed by atoms with Gasteiger partial charge in [-0.05, 0) is 55.2 Å². The van der Waals surface area contributed by atoms with E-state index in [0.717, 1.165) is 23.4 Å². The molecule has 0 saturated heterocycles. The van der Waals surface area contributed by atoms with E-state index in [0.29, 0.717) is 24.4 Å². The molecule has 2 bridgehead atoms. The summed E-state index contributed by atoms with van der Waals surface area (Å²) in [5, 5.41) is 0.729. The highest BCUT2D eigenvalue weighted by molar-refractivity contribution is 6.30. The summed E-state index contributed by atoms with van der Waals surface area (Å²) in [5.41, 5.74) is 7.44. The van der Waals surface area contributed by atoms with Crippen LogP contribution in [0.4, 0.5) is 0 Å². The van der Waals surface area contributed by atoms with Crippen molar-refractivity contribution in [2.24, 2.45) is 23.5 Å². The van der Waals surface area contributed by atoms with E-state index < -0.39 is 0 Å². The van der Waals surface area contributed by atoms with Crippen LogP contribution in [-0.4, -0.2) is 23.9 Å². The molecule has 0 heterocycles. The zero-order valence-corrected chi connectivity index (χ0v) is 13.9. The zero-order valence-electron chi connectivity index (χ0n) is 13.2. The number of amides is 1. The van der Waals surface area contributed by atoms with Crippen molar-refractivity contribution in [1.29, 1.82) is 0 Å². The van der Waals surface area contributed by atoms with Crippen LogP contribution in [-0.2, 0) is 11.3 Å². The monoisotopic (exact) mass is 320 g/mol. The van der Waals surface area contributed by atoms with Crippen LogP contribution in [0, 0.1) is 17.8 Å². The van der Waals surface area contributed by atoms with Gasteiger partial charge < -0.3 is 10.6 Å². The zero-order chi connectivity index (χ0) is 15.7. The maximum Gasteiger partial charge on any atom is 0.225 e. The van der Waals surface area contributed by atoms with Gasteiger partial charge in [-0.3, -0.25) is 4.79 Å². The van der Waals surface area contributed by atoms with Crippen LogP contribution in [0.15, 0.2) is 24.3 Å². The minimum absolute atomic E-state index is 0.160. The molecule has 1 amide bonds. The highest BCUT2D eigenvalue weighted by atomic mass is 35.5. The second kappa shape index (κ2) is 6.59. The van der Waals surface area contributed by atoms with E-state index in [-0.39, 0.29) is 11.8 Å². The fourth-order valence-corrected chi connectivity index (χ4v) is 4.37. The van der Waals surface area contributed by atoms with E-state index in [1.54, 1.807) is 0 Å². The average molecular weight is 321 g/mol. The first-order valence-corrected chi connectivity index (χ1v) is 8.67. The molecular formula is C18H25ClN2O. The van der Waals surface area contributed by atoms with Crippen LogP contribution in [0.3, 0.4) is 0 Å². The number of rotatable bonds is 3. The lowest BCUT2D eigenvalue weighted by Gasteiger charge is -2.44. The Morgan fingerprint density at radius 1 is 1.23 bits per heavy atom. The maximum atomic E-state index is 12.8. The third kappa shape index (κ3) is 3.31. The van der Waals surface area contributed by atoms with Gasteiger partial charge in [-0.25, -0.2) is 0 Å². The van der Waals surface area contributed by atoms with Crippen LogP contribution in [0.2, 0.25) is 5.02 Å². The molecule has 2 atom stereocenters. The minimum atomic E-state index is 0.160. The van der Waals surface area contributed by atoms with E-state index in [1.165, 1.54) is 19.3 Å². The molecule has 2 N–H and O–H groups in total. The number of benzene rings is 1. The van der Waals surface area contributed by atoms with Crippen molar-refractivity contribution < 1.29 is 4.79 Å². The Morgan fingerprint density at radius 2 is 1.82 bits per heavy atom. The summed E-state index contributed by atoms with van der Waals surface area (Å²) in [6.45, 7) is 0.647. The molecule has 2 aliphatic carbocycles. The third-order valence-corrected chi connectivity index (χ3v) is 5.72. The Bertz CT molecular complexity index is 516. The lowest BCUT2D eigenvalue weighted by atomic mass is 9.65. The molecule has 2 saturated carbocycles. The number of nitrogens with zero attached hydrogens (tertiary/aromatic N) is 1. The molecule has 4 heteroatoms. The quantitative estimate of drug-likeness (QED) is 0.927. The van der Waals surface area contributed by atoms with E-state index in [4.69, 9.17) is 17.3 Å². The standard InChI is InChI=1S/C18H25ClN2O/c1-21(11-12-5-7-16(19)8-6-12)18(22)15-9-13-3-2-4-14(10-15)17(13)20/h5-8,13-15,17H,2-4,9-11,20H2,1H3. The van der Waals surface area contributed by atoms with E-state index >= 15 is 0 Å². The van der Waals surface area contributed by atoms with Crippen molar-refractivity contribution in [3.63, 3.8) is 0 Å². The second-order valence-corrected chi connectivity index (χ2v) is 7.45. The van der Waals surface area contributed by atoms with Crippen LogP contribution in [0.1, 0.15) is 37.7 Å². The number of halogens is 1. The van der Waals surface area contributed by atoms with Crippen LogP contribution in [0.5, 0.6) is 0 Å². The van der Waals surface area contributed by atoms with Crippen molar-refractivity contribution in [2.75, 3.05) is 7.05 Å². The van der Waals surface area contributed by atoms with Crippen molar-refractivity contribution in [2.45, 2.75) is 44.7 Å². The molecule has 0 radical (unpaired) electrons. The molecule has 0 spiro atoms. The van der Waals surface area contributed by atoms with Gasteiger partial charge in [0.05, 0.1) is 0 Å². The van der Waals surface area contributed by atoms with Gasteiger partial charge in [0, 0.05) is 30.6 Å². The van der Waals surface area contributed by atoms with E-state index in [2.05, 4.69) is 0 Å². The number of fused-ring (bicyclic) bond motifs is 2. The van der Waals surface area contributed by atoms with Crippen LogP contribution >= 0.6 is 11.6 Å². The Kier molecular flexibility index (Phi) is 4.74. The van der Waals surface area contributed by atoms with Gasteiger partial charge in [0.1, 0.15) is 0 Å². The second-order valence-electron chi connectivity index (χ2n) is 7.02. The number of hydrogen-bond acceptors (Lipinski definition) is 2. The molecule has 3 rings (SSSR count). The van der Waals surface area contributed by atoms with Gasteiger partial charge in [0.15, 0.2) is 0 Å². The topological polar surface area (TPSA) is 46.3 Å². The van der Waals surface area contributed by atoms with Crippen LogP contribution < -0.4 is 5.73 Å². The normalized spacial score (nSPS) is 30.9. The smallest absolute Gasteiger partial charge is 0.225 e. The highest BCUT2D eigenvalue weighted by Crippen LogP contribution is 2.42. The highest BCUT2D eigenvalue weighted by Gasteiger charge is 2.41. The predicted molar refractivity (Wildman–Crippen MR) is 89.5 cm³/mol. The maximum absolute atomic E-state index is 12.8. The van der Waals surface area contributed by atoms with Crippen molar-refractivity contribution in [1.82, 2.24) is 4.90 Å². The molecule has 2 unspecified atom stereocenters. The first-order valence-electron chi connectivity index (χ1n) is 8.29. The van der Waals surface area contributed by atoms with Gasteiger partial charge >= 0.3 is 0 Å². The lowest BCUT2D eigenvalue weighted by molar-refractivity contribution is -0.137. The summed E-state index contributed by atoms with van der Waals surface area (Å²) in [4.78, 5) is 14.6. The molecule has 0 aliphatic heterocycles. The molecule has 22 heavy (non-hydrogen) atoms. The number of hydrogen-bond donors (Lipinski definition) is 1. The van der Waals surface area contributed by atoms with Gasteiger partial charge in [-0.1, -0.05) is 30.2 Å². The summed E-state index contributed by atoms with van der Waals surface area (Å²) in [6, 6.07) is 8.03. The number of carbonyl (C=O) groups excluding carboxylic acids is 1. The number of nitrogens with two attached hydrogens (primary N) is 1. The van der Waals surface area contributed by atoms with E-state index in [9.17, 15) is 4.79 Å². The Hall–Kier alpha value is -1.06. The molecule has 0 aromatic heterocycles. The predicted octanol–water partition coefficient (Wildman–Crippen LogP) is 3.45. The Labute approximate surface area is 137 Å². The summed E-state index contributed by atoms with van der Waals surface area (Å²) < 4.78 is 0. The number of carbonyl (C=O) groups is 1. The molecule has 120 valence electrons. The average Bonchev–Trinajstić information content (AvgIpc) is 2.48. The van der Waals surface area contributed by atoms with Gasteiger partial charge in [-0.15, -0.1) is 0 Å². The molecule has 2 fully saturated rings. The van der Waals surface area contributed by atoms with Crippen molar-refractivity contribution in [3.05, 3.63) is 34.9 Å². The van der Waals surface area contributed by atoms with Gasteiger partial charge in [0.2, 0.25) is 5.91 Å². The molecule has 2 aliphatic rings. The summed E-state index contributed by atoms with van der Waals surface area (Å²) in [6.07, 6.45) is 5.62. The first kappa shape index (κ1) is 15.8. The summed E-state index contributed by atoms with van der Waals surface area (Å²) >= 11 is 5.91. The minimum Gasteiger partial charge on any atom is -0.341 e. The first-order chi connectivity index (χ1) is 10.5. The summed E-state index contributed by atoms with van der Waals surface area (Å²) in [5.74, 6) is 1.53. The van der Waals surface area contributed by atoms with Gasteiger partial charge in [-0.2, -0.15) is 0 Å². The van der Waals surface area contributed by atoms with E-state index in [1.807, 2.05) is 36.2 Å². The third-order valence-electron chi connectivity index (χ3n) is 5.47. The van der Waals surface area contributed by atoms with Crippen LogP contribution in [0.25, 0.3) is 0 Å². The fraction of sp³-hybridized carbons (Fsp3) is 0.611. The molecular weight excluding hydrogens is 296 g/mol. The largest absolute Gasteiger partial charge is 0.341 e. The fourth-order valence-electron chi connectivity index (χ4n) is 4.24. The SMILES string of the molecule is CN(Cc1ccc(Cl)cc1)C(=O)C1CC2CCCC(C1)C2N. The molecule has 3 nitrogen and oxygen atoms in total. The van der Waals surface area contributed by atoms with Crippen molar-refractivity contribution in [3.8, 4) is 0 Å². The lowest BCUT2D eigenvalue weighted by Crippen LogP contribution is -2.49. The van der Waals surface area contributed by atoms with Crippen molar-refractivity contribution >= 4 is 17.5 Å². The molecule has 1 aromatic carbocycles. The summed E-state index contributed by atoms with van der Waals surface area (Å²) in [7, 11) is 1.90. The molecule has 1 aromatic rings. The van der Waals surface area contributed by atoms with Gasteiger partial charge in [0.25, 0.3) is 0 Å². The Balaban J connectivity index is 1.62.